The van der Waals surface area contributed by atoms with Gasteiger partial charge in [0, 0.05) is 10.6 Å². The van der Waals surface area contributed by atoms with Crippen LogP contribution in [-0.4, -0.2) is 21.1 Å². The molecule has 0 bridgehead atoms. The summed E-state index contributed by atoms with van der Waals surface area (Å²) < 4.78 is 0. The number of nitrogens with one attached hydrogen (secondary N) is 1. The molecule has 0 saturated heterocycles. The van der Waals surface area contributed by atoms with E-state index in [1.807, 2.05) is 37.3 Å². The van der Waals surface area contributed by atoms with Gasteiger partial charge in [-0.3, -0.25) is 4.79 Å². The van der Waals surface area contributed by atoms with Gasteiger partial charge in [0.25, 0.3) is 0 Å². The van der Waals surface area contributed by atoms with Gasteiger partial charge >= 0.3 is 0 Å². The van der Waals surface area contributed by atoms with Crippen molar-refractivity contribution in [1.82, 2.24) is 9.97 Å². The van der Waals surface area contributed by atoms with Crippen LogP contribution in [0.15, 0.2) is 35.5 Å². The van der Waals surface area contributed by atoms with Crippen LogP contribution in [0.4, 0.5) is 11.5 Å². The molecule has 1 aliphatic rings. The van der Waals surface area contributed by atoms with Crippen LogP contribution < -0.4 is 11.1 Å². The first-order valence-corrected chi connectivity index (χ1v) is 10.8. The van der Waals surface area contributed by atoms with Crippen molar-refractivity contribution in [2.45, 2.75) is 43.5 Å². The fraction of sp³-hybridized carbons (Fsp3) is 0.350. The van der Waals surface area contributed by atoms with Gasteiger partial charge in [-0.15, -0.1) is 11.3 Å². The number of carbonyl (C=O) groups excluding carboxylic acids is 1. The van der Waals surface area contributed by atoms with Crippen LogP contribution in [0.2, 0.25) is 0 Å². The maximum absolute atomic E-state index is 12.4. The SMILES string of the molecule is C[C@H]1CCc2c(sc3nc(S[C@@H](C)C(=O)Nc4ccccc4)nc(N)c23)C1. The molecule has 0 unspecified atom stereocenters. The maximum Gasteiger partial charge on any atom is 0.237 e. The summed E-state index contributed by atoms with van der Waals surface area (Å²) in [5, 5.41) is 4.17. The first-order chi connectivity index (χ1) is 13.0. The molecular weight excluding hydrogens is 376 g/mol. The van der Waals surface area contributed by atoms with Crippen LogP contribution in [0, 0.1) is 5.92 Å². The zero-order valence-electron chi connectivity index (χ0n) is 15.4. The Hall–Kier alpha value is -2.12. The summed E-state index contributed by atoms with van der Waals surface area (Å²) in [5.41, 5.74) is 8.39. The van der Waals surface area contributed by atoms with Crippen LogP contribution in [0.3, 0.4) is 0 Å². The van der Waals surface area contributed by atoms with Gasteiger partial charge in [0.05, 0.1) is 10.6 Å². The van der Waals surface area contributed by atoms with E-state index in [-0.39, 0.29) is 11.2 Å². The minimum atomic E-state index is -0.323. The largest absolute Gasteiger partial charge is 0.383 e. The molecule has 1 aliphatic carbocycles. The summed E-state index contributed by atoms with van der Waals surface area (Å²) in [7, 11) is 0. The fourth-order valence-corrected chi connectivity index (χ4v) is 5.61. The fourth-order valence-electron chi connectivity index (χ4n) is 3.38. The first-order valence-electron chi connectivity index (χ1n) is 9.11. The molecule has 4 rings (SSSR count). The molecular formula is C20H22N4OS2. The Kier molecular flexibility index (Phi) is 5.06. The number of anilines is 2. The number of hydrogen-bond donors (Lipinski definition) is 2. The number of rotatable bonds is 4. The molecule has 0 radical (unpaired) electrons. The van der Waals surface area contributed by atoms with E-state index >= 15 is 0 Å². The topological polar surface area (TPSA) is 80.9 Å². The molecule has 7 heteroatoms. The maximum atomic E-state index is 12.4. The number of aryl methyl sites for hydroxylation is 1. The second-order valence-electron chi connectivity index (χ2n) is 7.04. The number of thioether (sulfide) groups is 1. The molecule has 0 fully saturated rings. The Labute approximate surface area is 166 Å². The highest BCUT2D eigenvalue weighted by molar-refractivity contribution is 8.00. The van der Waals surface area contributed by atoms with Crippen molar-refractivity contribution >= 4 is 50.7 Å². The lowest BCUT2D eigenvalue weighted by atomic mass is 9.89. The highest BCUT2D eigenvalue weighted by Gasteiger charge is 2.24. The van der Waals surface area contributed by atoms with Gasteiger partial charge in [0.1, 0.15) is 10.6 Å². The second-order valence-corrected chi connectivity index (χ2v) is 9.43. The van der Waals surface area contributed by atoms with Gasteiger partial charge in [0.2, 0.25) is 5.91 Å². The number of amides is 1. The van der Waals surface area contributed by atoms with Crippen molar-refractivity contribution in [3.05, 3.63) is 40.8 Å². The van der Waals surface area contributed by atoms with E-state index in [9.17, 15) is 4.79 Å². The molecule has 0 spiro atoms. The third-order valence-electron chi connectivity index (χ3n) is 4.86. The highest BCUT2D eigenvalue weighted by Crippen LogP contribution is 2.40. The van der Waals surface area contributed by atoms with Gasteiger partial charge in [0.15, 0.2) is 5.16 Å². The van der Waals surface area contributed by atoms with E-state index in [0.29, 0.717) is 16.9 Å². The number of nitrogen functional groups attached to an aromatic ring is 1. The van der Waals surface area contributed by atoms with Crippen LogP contribution in [0.5, 0.6) is 0 Å². The predicted octanol–water partition coefficient (Wildman–Crippen LogP) is 4.52. The highest BCUT2D eigenvalue weighted by atomic mass is 32.2. The third kappa shape index (κ3) is 3.80. The molecule has 1 aromatic carbocycles. The number of carbonyl (C=O) groups is 1. The predicted molar refractivity (Wildman–Crippen MR) is 113 cm³/mol. The summed E-state index contributed by atoms with van der Waals surface area (Å²) in [4.78, 5) is 24.0. The molecule has 2 heterocycles. The number of benzene rings is 1. The summed E-state index contributed by atoms with van der Waals surface area (Å²) >= 11 is 3.06. The summed E-state index contributed by atoms with van der Waals surface area (Å²) in [6.07, 6.45) is 3.33. The van der Waals surface area contributed by atoms with E-state index in [4.69, 9.17) is 10.7 Å². The Morgan fingerprint density at radius 1 is 1.33 bits per heavy atom. The van der Waals surface area contributed by atoms with Gasteiger partial charge in [-0.2, -0.15) is 0 Å². The van der Waals surface area contributed by atoms with E-state index in [2.05, 4.69) is 17.2 Å². The number of nitrogens with zero attached hydrogens (tertiary/aromatic N) is 2. The van der Waals surface area contributed by atoms with Crippen molar-refractivity contribution < 1.29 is 4.79 Å². The number of fused-ring (bicyclic) bond motifs is 3. The Morgan fingerprint density at radius 2 is 2.11 bits per heavy atom. The van der Waals surface area contributed by atoms with E-state index in [1.165, 1.54) is 28.6 Å². The van der Waals surface area contributed by atoms with Crippen molar-refractivity contribution in [1.29, 1.82) is 0 Å². The lowest BCUT2D eigenvalue weighted by Gasteiger charge is -2.17. The Balaban J connectivity index is 1.54. The molecule has 0 saturated carbocycles. The van der Waals surface area contributed by atoms with Crippen LogP contribution >= 0.6 is 23.1 Å². The molecule has 3 aromatic rings. The molecule has 140 valence electrons. The smallest absolute Gasteiger partial charge is 0.237 e. The number of para-hydroxylation sites is 1. The lowest BCUT2D eigenvalue weighted by Crippen LogP contribution is -2.22. The van der Waals surface area contributed by atoms with Crippen molar-refractivity contribution in [3.8, 4) is 0 Å². The normalized spacial score (nSPS) is 17.5. The summed E-state index contributed by atoms with van der Waals surface area (Å²) in [6.45, 7) is 4.14. The second kappa shape index (κ2) is 7.48. The standard InChI is InChI=1S/C20H22N4OS2/c1-11-8-9-14-15(10-11)27-19-16(14)17(21)23-20(24-19)26-12(2)18(25)22-13-6-4-3-5-7-13/h3-7,11-12H,8-10H2,1-2H3,(H,22,25)(H2,21,23,24)/t11-,12-/m0/s1. The molecule has 2 aromatic heterocycles. The minimum Gasteiger partial charge on any atom is -0.383 e. The quantitative estimate of drug-likeness (QED) is 0.499. The number of nitrogens with two attached hydrogens (primary N) is 1. The van der Waals surface area contributed by atoms with Gasteiger partial charge in [-0.05, 0) is 49.8 Å². The average Bonchev–Trinajstić information content (AvgIpc) is 3.00. The van der Waals surface area contributed by atoms with E-state index in [0.717, 1.165) is 28.7 Å². The summed E-state index contributed by atoms with van der Waals surface area (Å²) in [5.74, 6) is 1.16. The molecule has 2 atom stereocenters. The van der Waals surface area contributed by atoms with Crippen molar-refractivity contribution in [3.63, 3.8) is 0 Å². The molecule has 3 N–H and O–H groups in total. The Bertz CT molecular complexity index is 987. The monoisotopic (exact) mass is 398 g/mol. The zero-order chi connectivity index (χ0) is 19.0. The van der Waals surface area contributed by atoms with Crippen LogP contribution in [0.25, 0.3) is 10.2 Å². The molecule has 0 aliphatic heterocycles. The molecule has 1 amide bonds. The van der Waals surface area contributed by atoms with Gasteiger partial charge in [-0.25, -0.2) is 9.97 Å². The third-order valence-corrected chi connectivity index (χ3v) is 6.96. The van der Waals surface area contributed by atoms with Gasteiger partial charge < -0.3 is 11.1 Å². The van der Waals surface area contributed by atoms with Gasteiger partial charge in [-0.1, -0.05) is 36.9 Å². The summed E-state index contributed by atoms with van der Waals surface area (Å²) in [6, 6.07) is 9.44. The van der Waals surface area contributed by atoms with Crippen LogP contribution in [-0.2, 0) is 17.6 Å². The minimum absolute atomic E-state index is 0.0761. The van der Waals surface area contributed by atoms with E-state index < -0.39 is 0 Å². The molecule has 5 nitrogen and oxygen atoms in total. The molecule has 27 heavy (non-hydrogen) atoms. The average molecular weight is 399 g/mol. The lowest BCUT2D eigenvalue weighted by molar-refractivity contribution is -0.115. The van der Waals surface area contributed by atoms with Crippen molar-refractivity contribution in [2.75, 3.05) is 11.1 Å². The number of hydrogen-bond acceptors (Lipinski definition) is 6. The number of thiophene rings is 1. The van der Waals surface area contributed by atoms with E-state index in [1.54, 1.807) is 11.3 Å². The van der Waals surface area contributed by atoms with Crippen molar-refractivity contribution in [2.24, 2.45) is 5.92 Å². The zero-order valence-corrected chi connectivity index (χ0v) is 17.0. The Morgan fingerprint density at radius 3 is 2.89 bits per heavy atom. The number of aromatic nitrogens is 2. The first kappa shape index (κ1) is 18.3. The van der Waals surface area contributed by atoms with Crippen LogP contribution in [0.1, 0.15) is 30.7 Å².